The molecule has 1 atom stereocenters. The van der Waals surface area contributed by atoms with Gasteiger partial charge in [0, 0.05) is 0 Å². The maximum Gasteiger partial charge on any atom is 0.122 e. The predicted octanol–water partition coefficient (Wildman–Crippen LogP) is 2.80. The molecule has 2 heteroatoms. The molecule has 1 saturated heterocycles. The van der Waals surface area contributed by atoms with Crippen molar-refractivity contribution < 1.29 is 4.74 Å². The fraction of sp³-hybridized carbons (Fsp3) is 0.600. The molecule has 0 spiro atoms. The van der Waals surface area contributed by atoms with Gasteiger partial charge in [-0.2, -0.15) is 0 Å². The molecule has 1 aromatic rings. The summed E-state index contributed by atoms with van der Waals surface area (Å²) in [4.78, 5) is 0. The zero-order valence-corrected chi connectivity index (χ0v) is 11.0. The van der Waals surface area contributed by atoms with Crippen LogP contribution in [0.1, 0.15) is 30.9 Å². The molecule has 0 amide bonds. The number of hydrogen-bond acceptors (Lipinski definition) is 2. The van der Waals surface area contributed by atoms with Crippen molar-refractivity contribution >= 4 is 0 Å². The average Bonchev–Trinajstić information content (AvgIpc) is 2.40. The molecule has 1 heterocycles. The maximum atomic E-state index is 5.37. The average molecular weight is 233 g/mol. The van der Waals surface area contributed by atoms with Gasteiger partial charge in [0.1, 0.15) is 5.75 Å². The van der Waals surface area contributed by atoms with E-state index in [-0.39, 0.29) is 0 Å². The topological polar surface area (TPSA) is 21.3 Å². The van der Waals surface area contributed by atoms with E-state index in [1.54, 1.807) is 7.11 Å². The highest BCUT2D eigenvalue weighted by molar-refractivity contribution is 5.37. The van der Waals surface area contributed by atoms with Gasteiger partial charge in [-0.3, -0.25) is 0 Å². The van der Waals surface area contributed by atoms with Gasteiger partial charge in [-0.05, 0) is 61.9 Å². The number of benzene rings is 1. The lowest BCUT2D eigenvalue weighted by Gasteiger charge is -2.23. The van der Waals surface area contributed by atoms with Crippen molar-refractivity contribution in [2.75, 3.05) is 20.2 Å². The van der Waals surface area contributed by atoms with Crippen LogP contribution in [0.15, 0.2) is 18.2 Å². The van der Waals surface area contributed by atoms with E-state index in [2.05, 4.69) is 30.4 Å². The first-order chi connectivity index (χ1) is 8.33. The van der Waals surface area contributed by atoms with Crippen LogP contribution in [0.4, 0.5) is 0 Å². The van der Waals surface area contributed by atoms with Crippen LogP contribution in [0.25, 0.3) is 0 Å². The van der Waals surface area contributed by atoms with Crippen LogP contribution in [0, 0.1) is 5.92 Å². The maximum absolute atomic E-state index is 5.37. The second kappa shape index (κ2) is 6.06. The lowest BCUT2D eigenvalue weighted by Crippen LogP contribution is -2.30. The predicted molar refractivity (Wildman–Crippen MR) is 71.7 cm³/mol. The Morgan fingerprint density at radius 3 is 2.94 bits per heavy atom. The molecule has 0 saturated carbocycles. The van der Waals surface area contributed by atoms with Crippen LogP contribution in [-0.4, -0.2) is 20.2 Å². The van der Waals surface area contributed by atoms with Crippen LogP contribution in [0.5, 0.6) is 5.75 Å². The number of ether oxygens (including phenoxy) is 1. The molecule has 94 valence electrons. The minimum atomic E-state index is 0.807. The molecule has 2 rings (SSSR count). The van der Waals surface area contributed by atoms with Crippen LogP contribution in [0.3, 0.4) is 0 Å². The zero-order chi connectivity index (χ0) is 12.1. The Labute approximate surface area is 104 Å². The number of piperidine rings is 1. The standard InChI is InChI=1S/C15H23NO/c1-3-14-10-12(6-7-15(14)17-2)9-13-5-4-8-16-11-13/h6-7,10,13,16H,3-5,8-9,11H2,1-2H3. The summed E-state index contributed by atoms with van der Waals surface area (Å²) in [6.07, 6.45) is 4.92. The van der Waals surface area contributed by atoms with Crippen LogP contribution in [0.2, 0.25) is 0 Å². The van der Waals surface area contributed by atoms with Crippen LogP contribution >= 0.6 is 0 Å². The molecule has 1 fully saturated rings. The Morgan fingerprint density at radius 2 is 2.29 bits per heavy atom. The summed E-state index contributed by atoms with van der Waals surface area (Å²) >= 11 is 0. The highest BCUT2D eigenvalue weighted by Gasteiger charge is 2.14. The summed E-state index contributed by atoms with van der Waals surface area (Å²) in [5.74, 6) is 1.83. The first kappa shape index (κ1) is 12.4. The Hall–Kier alpha value is -1.02. The van der Waals surface area contributed by atoms with E-state index in [0.29, 0.717) is 0 Å². The largest absolute Gasteiger partial charge is 0.496 e. The van der Waals surface area contributed by atoms with Crippen molar-refractivity contribution in [2.24, 2.45) is 5.92 Å². The number of hydrogen-bond donors (Lipinski definition) is 1. The first-order valence-electron chi connectivity index (χ1n) is 6.70. The normalized spacial score (nSPS) is 20.2. The highest BCUT2D eigenvalue weighted by atomic mass is 16.5. The third-order valence-electron chi connectivity index (χ3n) is 3.65. The highest BCUT2D eigenvalue weighted by Crippen LogP contribution is 2.23. The summed E-state index contributed by atoms with van der Waals surface area (Å²) in [7, 11) is 1.75. The third-order valence-corrected chi connectivity index (χ3v) is 3.65. The molecule has 2 nitrogen and oxygen atoms in total. The summed E-state index contributed by atoms with van der Waals surface area (Å²) in [5.41, 5.74) is 2.78. The van der Waals surface area contributed by atoms with Crippen molar-refractivity contribution in [3.63, 3.8) is 0 Å². The third kappa shape index (κ3) is 3.22. The second-order valence-corrected chi connectivity index (χ2v) is 4.92. The summed E-state index contributed by atoms with van der Waals surface area (Å²) < 4.78 is 5.37. The first-order valence-corrected chi connectivity index (χ1v) is 6.70. The fourth-order valence-electron chi connectivity index (χ4n) is 2.67. The molecule has 1 unspecified atom stereocenters. The van der Waals surface area contributed by atoms with Crippen LogP contribution in [-0.2, 0) is 12.8 Å². The molecular weight excluding hydrogens is 210 g/mol. The number of nitrogens with one attached hydrogen (secondary N) is 1. The smallest absolute Gasteiger partial charge is 0.122 e. The van der Waals surface area contributed by atoms with E-state index in [1.807, 2.05) is 0 Å². The molecule has 0 aromatic heterocycles. The Bertz CT molecular complexity index is 356. The van der Waals surface area contributed by atoms with E-state index in [4.69, 9.17) is 4.74 Å². The molecule has 17 heavy (non-hydrogen) atoms. The molecule has 0 aliphatic carbocycles. The van der Waals surface area contributed by atoms with Gasteiger partial charge in [-0.25, -0.2) is 0 Å². The molecule has 0 bridgehead atoms. The quantitative estimate of drug-likeness (QED) is 0.863. The fourth-order valence-corrected chi connectivity index (χ4v) is 2.67. The van der Waals surface area contributed by atoms with Crippen LogP contribution < -0.4 is 10.1 Å². The van der Waals surface area contributed by atoms with E-state index in [0.717, 1.165) is 18.1 Å². The minimum absolute atomic E-state index is 0.807. The number of rotatable bonds is 4. The summed E-state index contributed by atoms with van der Waals surface area (Å²) in [6.45, 7) is 4.55. The van der Waals surface area contributed by atoms with Gasteiger partial charge in [0.15, 0.2) is 0 Å². The van der Waals surface area contributed by atoms with Crippen molar-refractivity contribution in [3.05, 3.63) is 29.3 Å². The summed E-state index contributed by atoms with van der Waals surface area (Å²) in [6, 6.07) is 6.64. The van der Waals surface area contributed by atoms with Gasteiger partial charge >= 0.3 is 0 Å². The van der Waals surface area contributed by atoms with E-state index in [9.17, 15) is 0 Å². The monoisotopic (exact) mass is 233 g/mol. The Kier molecular flexibility index (Phi) is 4.43. The molecule has 1 aliphatic rings. The van der Waals surface area contributed by atoms with E-state index in [1.165, 1.54) is 43.5 Å². The van der Waals surface area contributed by atoms with Gasteiger partial charge in [0.2, 0.25) is 0 Å². The van der Waals surface area contributed by atoms with Crippen molar-refractivity contribution in [1.29, 1.82) is 0 Å². The van der Waals surface area contributed by atoms with Gasteiger partial charge in [0.05, 0.1) is 7.11 Å². The SMILES string of the molecule is CCc1cc(CC2CCCNC2)ccc1OC. The van der Waals surface area contributed by atoms with E-state index >= 15 is 0 Å². The molecule has 1 N–H and O–H groups in total. The van der Waals surface area contributed by atoms with Crippen molar-refractivity contribution in [1.82, 2.24) is 5.32 Å². The Morgan fingerprint density at radius 1 is 1.41 bits per heavy atom. The van der Waals surface area contributed by atoms with Gasteiger partial charge < -0.3 is 10.1 Å². The molecule has 1 aliphatic heterocycles. The van der Waals surface area contributed by atoms with Gasteiger partial charge in [-0.15, -0.1) is 0 Å². The van der Waals surface area contributed by atoms with Crippen molar-refractivity contribution in [3.8, 4) is 5.75 Å². The summed E-state index contributed by atoms with van der Waals surface area (Å²) in [5, 5.41) is 3.48. The Balaban J connectivity index is 2.05. The van der Waals surface area contributed by atoms with Gasteiger partial charge in [0.25, 0.3) is 0 Å². The zero-order valence-electron chi connectivity index (χ0n) is 11.0. The van der Waals surface area contributed by atoms with E-state index < -0.39 is 0 Å². The number of methoxy groups -OCH3 is 1. The lowest BCUT2D eigenvalue weighted by atomic mass is 9.91. The van der Waals surface area contributed by atoms with Crippen molar-refractivity contribution in [2.45, 2.75) is 32.6 Å². The minimum Gasteiger partial charge on any atom is -0.496 e. The molecule has 0 radical (unpaired) electrons. The molecule has 1 aromatic carbocycles. The van der Waals surface area contributed by atoms with Gasteiger partial charge in [-0.1, -0.05) is 19.1 Å². The molecular formula is C15H23NO. The number of aryl methyl sites for hydroxylation is 1. The lowest BCUT2D eigenvalue weighted by molar-refractivity contribution is 0.375. The second-order valence-electron chi connectivity index (χ2n) is 4.92.